The molecule has 2 aromatic carbocycles. The molecule has 2 aromatic rings. The van der Waals surface area contributed by atoms with E-state index in [0.717, 1.165) is 39.3 Å². The lowest BCUT2D eigenvalue weighted by atomic mass is 10.1. The highest BCUT2D eigenvalue weighted by Crippen LogP contribution is 2.21. The minimum atomic E-state index is -3.66. The Balaban J connectivity index is 1.53. The van der Waals surface area contributed by atoms with E-state index < -0.39 is 10.0 Å². The van der Waals surface area contributed by atoms with Crippen LogP contribution in [0.2, 0.25) is 0 Å². The summed E-state index contributed by atoms with van der Waals surface area (Å²) in [6.45, 7) is 6.72. The predicted molar refractivity (Wildman–Crippen MR) is 113 cm³/mol. The summed E-state index contributed by atoms with van der Waals surface area (Å²) < 4.78 is 32.9. The van der Waals surface area contributed by atoms with Gasteiger partial charge in [0.15, 0.2) is 0 Å². The first-order chi connectivity index (χ1) is 14.0. The Bertz CT molecular complexity index is 926. The van der Waals surface area contributed by atoms with Crippen LogP contribution in [0.1, 0.15) is 22.3 Å². The fraction of sp³-hybridized carbons (Fsp3) is 0.381. The molecule has 3 rings (SSSR count). The molecule has 1 heterocycles. The number of rotatable bonds is 8. The molecule has 156 valence electrons. The van der Waals surface area contributed by atoms with Gasteiger partial charge in [0.2, 0.25) is 0 Å². The van der Waals surface area contributed by atoms with E-state index in [-0.39, 0.29) is 10.8 Å². The van der Waals surface area contributed by atoms with E-state index in [4.69, 9.17) is 4.74 Å². The second-order valence-corrected chi connectivity index (χ2v) is 8.69. The van der Waals surface area contributed by atoms with Gasteiger partial charge in [0.1, 0.15) is 0 Å². The maximum absolute atomic E-state index is 12.5. The fourth-order valence-corrected chi connectivity index (χ4v) is 4.31. The number of benzene rings is 2. The topological polar surface area (TPSA) is 87.7 Å². The van der Waals surface area contributed by atoms with Gasteiger partial charge < -0.3 is 10.1 Å². The molecular weight excluding hydrogens is 390 g/mol. The predicted octanol–water partition coefficient (Wildman–Crippen LogP) is 2.25. The normalized spacial score (nSPS) is 15.1. The Morgan fingerprint density at radius 3 is 2.52 bits per heavy atom. The van der Waals surface area contributed by atoms with Crippen LogP contribution >= 0.6 is 0 Å². The molecule has 0 aromatic heterocycles. The van der Waals surface area contributed by atoms with Crippen molar-refractivity contribution < 1.29 is 17.9 Å². The number of carbonyl (C=O) groups excluding carboxylic acids is 1. The molecule has 1 saturated heterocycles. The van der Waals surface area contributed by atoms with Crippen LogP contribution in [0, 0.1) is 6.92 Å². The lowest BCUT2D eigenvalue weighted by Crippen LogP contribution is -2.38. The second kappa shape index (κ2) is 9.87. The van der Waals surface area contributed by atoms with Crippen molar-refractivity contribution in [3.63, 3.8) is 0 Å². The number of amides is 1. The molecule has 1 aliphatic rings. The molecule has 8 heteroatoms. The molecule has 0 atom stereocenters. The Labute approximate surface area is 172 Å². The number of nitrogens with one attached hydrogen (secondary N) is 2. The first-order valence-electron chi connectivity index (χ1n) is 9.72. The molecule has 0 radical (unpaired) electrons. The number of hydrogen-bond acceptors (Lipinski definition) is 5. The third-order valence-corrected chi connectivity index (χ3v) is 6.21. The molecule has 29 heavy (non-hydrogen) atoms. The molecule has 1 amide bonds. The highest BCUT2D eigenvalue weighted by Gasteiger charge is 2.16. The van der Waals surface area contributed by atoms with Crippen molar-refractivity contribution in [3.05, 3.63) is 59.7 Å². The zero-order valence-electron chi connectivity index (χ0n) is 16.6. The van der Waals surface area contributed by atoms with E-state index in [1.807, 2.05) is 0 Å². The lowest BCUT2D eigenvalue weighted by Gasteiger charge is -2.26. The number of sulfonamides is 1. The molecule has 0 saturated carbocycles. The Morgan fingerprint density at radius 2 is 1.83 bits per heavy atom. The van der Waals surface area contributed by atoms with Crippen LogP contribution in [0.4, 0.5) is 5.69 Å². The van der Waals surface area contributed by atoms with Crippen molar-refractivity contribution >= 4 is 21.6 Å². The summed E-state index contributed by atoms with van der Waals surface area (Å²) in [5.41, 5.74) is 1.65. The first kappa shape index (κ1) is 21.3. The Hall–Kier alpha value is -2.42. The van der Waals surface area contributed by atoms with Gasteiger partial charge in [-0.3, -0.25) is 14.4 Å². The van der Waals surface area contributed by atoms with Crippen LogP contribution in [-0.2, 0) is 14.8 Å². The van der Waals surface area contributed by atoms with Gasteiger partial charge in [0.25, 0.3) is 15.9 Å². The molecule has 0 unspecified atom stereocenters. The summed E-state index contributed by atoms with van der Waals surface area (Å²) in [6.07, 6.45) is 0.875. The maximum Gasteiger partial charge on any atom is 0.261 e. The molecule has 7 nitrogen and oxygen atoms in total. The third-order valence-electron chi connectivity index (χ3n) is 4.83. The van der Waals surface area contributed by atoms with Gasteiger partial charge >= 0.3 is 0 Å². The van der Waals surface area contributed by atoms with E-state index in [1.54, 1.807) is 43.3 Å². The van der Waals surface area contributed by atoms with Gasteiger partial charge in [-0.25, -0.2) is 8.42 Å². The molecule has 2 N–H and O–H groups in total. The number of hydrogen-bond donors (Lipinski definition) is 2. The van der Waals surface area contributed by atoms with Gasteiger partial charge in [0, 0.05) is 25.2 Å². The fourth-order valence-electron chi connectivity index (χ4n) is 3.15. The summed E-state index contributed by atoms with van der Waals surface area (Å²) in [5, 5.41) is 2.92. The van der Waals surface area contributed by atoms with Crippen molar-refractivity contribution in [1.82, 2.24) is 10.2 Å². The summed E-state index contributed by atoms with van der Waals surface area (Å²) in [4.78, 5) is 14.9. The number of nitrogens with zero attached hydrogens (tertiary/aromatic N) is 1. The summed E-state index contributed by atoms with van der Waals surface area (Å²) in [5.74, 6) is -0.160. The molecule has 0 spiro atoms. The van der Waals surface area contributed by atoms with Gasteiger partial charge in [-0.1, -0.05) is 18.2 Å². The standard InChI is InChI=1S/C21H27N3O4S/c1-17-16-18(21(25)22-10-5-11-24-12-14-28-15-13-24)8-9-20(17)23-29(26,27)19-6-3-2-4-7-19/h2-4,6-9,16,23H,5,10-15H2,1H3,(H,22,25). The van der Waals surface area contributed by atoms with Crippen LogP contribution < -0.4 is 10.0 Å². The van der Waals surface area contributed by atoms with Crippen LogP contribution in [0.5, 0.6) is 0 Å². The monoisotopic (exact) mass is 417 g/mol. The number of aryl methyl sites for hydroxylation is 1. The number of ether oxygens (including phenoxy) is 1. The lowest BCUT2D eigenvalue weighted by molar-refractivity contribution is 0.0374. The first-order valence-corrected chi connectivity index (χ1v) is 11.2. The molecule has 1 fully saturated rings. The minimum absolute atomic E-state index is 0.160. The quantitative estimate of drug-likeness (QED) is 0.643. The van der Waals surface area contributed by atoms with E-state index in [0.29, 0.717) is 23.4 Å². The summed E-state index contributed by atoms with van der Waals surface area (Å²) in [7, 11) is -3.66. The Kier molecular flexibility index (Phi) is 7.24. The summed E-state index contributed by atoms with van der Waals surface area (Å²) in [6, 6.07) is 13.1. The van der Waals surface area contributed by atoms with Gasteiger partial charge in [-0.05, 0) is 55.8 Å². The number of carbonyl (C=O) groups is 1. The van der Waals surface area contributed by atoms with Crippen LogP contribution in [0.15, 0.2) is 53.4 Å². The van der Waals surface area contributed by atoms with Crippen molar-refractivity contribution in [2.45, 2.75) is 18.2 Å². The van der Waals surface area contributed by atoms with Crippen molar-refractivity contribution in [3.8, 4) is 0 Å². The van der Waals surface area contributed by atoms with Crippen LogP contribution in [0.25, 0.3) is 0 Å². The zero-order chi connectivity index (χ0) is 20.7. The minimum Gasteiger partial charge on any atom is -0.379 e. The van der Waals surface area contributed by atoms with Crippen molar-refractivity contribution in [2.24, 2.45) is 0 Å². The van der Waals surface area contributed by atoms with E-state index in [2.05, 4.69) is 14.9 Å². The second-order valence-electron chi connectivity index (χ2n) is 7.01. The van der Waals surface area contributed by atoms with Gasteiger partial charge in [0.05, 0.1) is 23.8 Å². The molecule has 0 bridgehead atoms. The van der Waals surface area contributed by atoms with Crippen LogP contribution in [0.3, 0.4) is 0 Å². The van der Waals surface area contributed by atoms with Crippen molar-refractivity contribution in [2.75, 3.05) is 44.1 Å². The maximum atomic E-state index is 12.5. The van der Waals surface area contributed by atoms with Gasteiger partial charge in [-0.15, -0.1) is 0 Å². The van der Waals surface area contributed by atoms with Crippen molar-refractivity contribution in [1.29, 1.82) is 0 Å². The van der Waals surface area contributed by atoms with Gasteiger partial charge in [-0.2, -0.15) is 0 Å². The number of morpholine rings is 1. The molecule has 1 aliphatic heterocycles. The average Bonchev–Trinajstić information content (AvgIpc) is 2.74. The zero-order valence-corrected chi connectivity index (χ0v) is 17.4. The van der Waals surface area contributed by atoms with E-state index in [1.165, 1.54) is 12.1 Å². The third kappa shape index (κ3) is 6.03. The SMILES string of the molecule is Cc1cc(C(=O)NCCCN2CCOCC2)ccc1NS(=O)(=O)c1ccccc1. The van der Waals surface area contributed by atoms with Crippen LogP contribution in [-0.4, -0.2) is 58.6 Å². The average molecular weight is 418 g/mol. The summed E-state index contributed by atoms with van der Waals surface area (Å²) >= 11 is 0. The molecular formula is C21H27N3O4S. The smallest absolute Gasteiger partial charge is 0.261 e. The highest BCUT2D eigenvalue weighted by molar-refractivity contribution is 7.92. The molecule has 0 aliphatic carbocycles. The van der Waals surface area contributed by atoms with E-state index in [9.17, 15) is 13.2 Å². The number of anilines is 1. The van der Waals surface area contributed by atoms with E-state index >= 15 is 0 Å². The Morgan fingerprint density at radius 1 is 1.10 bits per heavy atom. The highest BCUT2D eigenvalue weighted by atomic mass is 32.2. The largest absolute Gasteiger partial charge is 0.379 e.